The van der Waals surface area contributed by atoms with Crippen molar-refractivity contribution < 1.29 is 4.79 Å². The summed E-state index contributed by atoms with van der Waals surface area (Å²) in [7, 11) is 0. The van der Waals surface area contributed by atoms with Crippen LogP contribution in [0.5, 0.6) is 0 Å². The van der Waals surface area contributed by atoms with E-state index in [2.05, 4.69) is 32.6 Å². The minimum absolute atomic E-state index is 0.0135. The number of hydrogen-bond donors (Lipinski definition) is 2. The SMILES string of the molecule is CCC(=O)Nc1ccc(Cl)c(NCc2cc(Br)cs2)c1. The molecule has 1 heterocycles. The molecule has 2 aromatic rings. The van der Waals surface area contributed by atoms with Gasteiger partial charge in [-0.1, -0.05) is 18.5 Å². The van der Waals surface area contributed by atoms with E-state index in [0.717, 1.165) is 15.8 Å². The number of thiophene rings is 1. The first kappa shape index (κ1) is 15.4. The molecule has 2 N–H and O–H groups in total. The Morgan fingerprint density at radius 2 is 2.20 bits per heavy atom. The van der Waals surface area contributed by atoms with Gasteiger partial charge in [0.05, 0.1) is 10.7 Å². The van der Waals surface area contributed by atoms with Crippen molar-refractivity contribution in [1.29, 1.82) is 0 Å². The standard InChI is InChI=1S/C14H14BrClN2OS/c1-2-14(19)18-10-3-4-12(16)13(6-10)17-7-11-5-9(15)8-20-11/h3-6,8,17H,2,7H2,1H3,(H,18,19). The fourth-order valence-electron chi connectivity index (χ4n) is 1.62. The van der Waals surface area contributed by atoms with Crippen LogP contribution in [0.1, 0.15) is 18.2 Å². The number of halogens is 2. The lowest BCUT2D eigenvalue weighted by molar-refractivity contribution is -0.115. The first-order chi connectivity index (χ1) is 9.58. The minimum atomic E-state index is -0.0135. The molecule has 0 saturated heterocycles. The first-order valence-corrected chi connectivity index (χ1v) is 8.19. The molecule has 0 radical (unpaired) electrons. The largest absolute Gasteiger partial charge is 0.379 e. The maximum atomic E-state index is 11.4. The van der Waals surface area contributed by atoms with Crippen LogP contribution in [0.3, 0.4) is 0 Å². The molecule has 20 heavy (non-hydrogen) atoms. The van der Waals surface area contributed by atoms with E-state index in [1.807, 2.05) is 18.4 Å². The van der Waals surface area contributed by atoms with Gasteiger partial charge < -0.3 is 10.6 Å². The Bertz CT molecular complexity index is 615. The minimum Gasteiger partial charge on any atom is -0.379 e. The maximum Gasteiger partial charge on any atom is 0.224 e. The second-order valence-corrected chi connectivity index (χ2v) is 6.50. The number of nitrogens with one attached hydrogen (secondary N) is 2. The highest BCUT2D eigenvalue weighted by atomic mass is 79.9. The van der Waals surface area contributed by atoms with Crippen molar-refractivity contribution in [3.63, 3.8) is 0 Å². The Balaban J connectivity index is 2.06. The molecule has 1 aromatic carbocycles. The molecule has 0 aliphatic heterocycles. The van der Waals surface area contributed by atoms with E-state index >= 15 is 0 Å². The molecule has 6 heteroatoms. The second-order valence-electron chi connectivity index (χ2n) is 4.18. The molecule has 0 fully saturated rings. The van der Waals surface area contributed by atoms with Gasteiger partial charge in [-0.3, -0.25) is 4.79 Å². The number of hydrogen-bond acceptors (Lipinski definition) is 3. The van der Waals surface area contributed by atoms with Crippen LogP contribution in [-0.4, -0.2) is 5.91 Å². The van der Waals surface area contributed by atoms with Crippen molar-refractivity contribution in [3.05, 3.63) is 44.0 Å². The van der Waals surface area contributed by atoms with E-state index in [9.17, 15) is 4.79 Å². The predicted molar refractivity (Wildman–Crippen MR) is 89.7 cm³/mol. The van der Waals surface area contributed by atoms with Crippen LogP contribution in [0.15, 0.2) is 34.1 Å². The first-order valence-electron chi connectivity index (χ1n) is 6.14. The average Bonchev–Trinajstić information content (AvgIpc) is 2.85. The van der Waals surface area contributed by atoms with Crippen molar-refractivity contribution in [2.24, 2.45) is 0 Å². The lowest BCUT2D eigenvalue weighted by atomic mass is 10.2. The Hall–Kier alpha value is -1.04. The van der Waals surface area contributed by atoms with Crippen LogP contribution in [0.4, 0.5) is 11.4 Å². The maximum absolute atomic E-state index is 11.4. The predicted octanol–water partition coefficient (Wildman–Crippen LogP) is 5.12. The van der Waals surface area contributed by atoms with Crippen molar-refractivity contribution in [2.45, 2.75) is 19.9 Å². The highest BCUT2D eigenvalue weighted by Gasteiger charge is 2.05. The molecule has 1 amide bonds. The van der Waals surface area contributed by atoms with Crippen molar-refractivity contribution in [3.8, 4) is 0 Å². The number of carbonyl (C=O) groups excluding carboxylic acids is 1. The lowest BCUT2D eigenvalue weighted by Gasteiger charge is -2.10. The van der Waals surface area contributed by atoms with E-state index in [4.69, 9.17) is 11.6 Å². The van der Waals surface area contributed by atoms with Gasteiger partial charge in [0, 0.05) is 33.4 Å². The molecule has 3 nitrogen and oxygen atoms in total. The Labute approximate surface area is 135 Å². The quantitative estimate of drug-likeness (QED) is 0.763. The van der Waals surface area contributed by atoms with Gasteiger partial charge in [0.1, 0.15) is 0 Å². The molecular weight excluding hydrogens is 360 g/mol. The third-order valence-electron chi connectivity index (χ3n) is 2.65. The van der Waals surface area contributed by atoms with Crippen LogP contribution in [0.25, 0.3) is 0 Å². The monoisotopic (exact) mass is 372 g/mol. The fraction of sp³-hybridized carbons (Fsp3) is 0.214. The third kappa shape index (κ3) is 4.23. The summed E-state index contributed by atoms with van der Waals surface area (Å²) in [6, 6.07) is 7.48. The molecule has 1 aromatic heterocycles. The normalized spacial score (nSPS) is 10.3. The van der Waals surface area contributed by atoms with Gasteiger partial charge in [-0.2, -0.15) is 0 Å². The van der Waals surface area contributed by atoms with Crippen molar-refractivity contribution in [1.82, 2.24) is 0 Å². The van der Waals surface area contributed by atoms with Crippen LogP contribution >= 0.6 is 38.9 Å². The van der Waals surface area contributed by atoms with Gasteiger partial charge in [0.25, 0.3) is 0 Å². The van der Waals surface area contributed by atoms with Gasteiger partial charge in [0.2, 0.25) is 5.91 Å². The van der Waals surface area contributed by atoms with Crippen LogP contribution in [-0.2, 0) is 11.3 Å². The molecule has 0 atom stereocenters. The molecular formula is C14H14BrClN2OS. The Kier molecular flexibility index (Phi) is 5.46. The molecule has 0 saturated carbocycles. The number of benzene rings is 1. The molecule has 0 bridgehead atoms. The van der Waals surface area contributed by atoms with Gasteiger partial charge in [0.15, 0.2) is 0 Å². The van der Waals surface area contributed by atoms with Crippen LogP contribution < -0.4 is 10.6 Å². The van der Waals surface area contributed by atoms with Crippen molar-refractivity contribution >= 4 is 56.1 Å². The molecule has 106 valence electrons. The highest BCUT2D eigenvalue weighted by molar-refractivity contribution is 9.10. The van der Waals surface area contributed by atoms with E-state index in [0.29, 0.717) is 18.0 Å². The summed E-state index contributed by atoms with van der Waals surface area (Å²) in [5.74, 6) is -0.0135. The summed E-state index contributed by atoms with van der Waals surface area (Å²) < 4.78 is 1.08. The summed E-state index contributed by atoms with van der Waals surface area (Å²) in [6.45, 7) is 2.51. The Morgan fingerprint density at radius 3 is 2.85 bits per heavy atom. The average molecular weight is 374 g/mol. The second kappa shape index (κ2) is 7.11. The summed E-state index contributed by atoms with van der Waals surface area (Å²) in [4.78, 5) is 12.6. The van der Waals surface area contributed by atoms with Gasteiger partial charge >= 0.3 is 0 Å². The summed E-state index contributed by atoms with van der Waals surface area (Å²) in [6.07, 6.45) is 0.453. The molecule has 2 rings (SSSR count). The topological polar surface area (TPSA) is 41.1 Å². The third-order valence-corrected chi connectivity index (χ3v) is 4.67. The fourth-order valence-corrected chi connectivity index (χ4v) is 3.19. The van der Waals surface area contributed by atoms with E-state index in [1.54, 1.807) is 23.5 Å². The van der Waals surface area contributed by atoms with Crippen LogP contribution in [0.2, 0.25) is 5.02 Å². The van der Waals surface area contributed by atoms with Crippen molar-refractivity contribution in [2.75, 3.05) is 10.6 Å². The zero-order valence-corrected chi connectivity index (χ0v) is 14.0. The van der Waals surface area contributed by atoms with Gasteiger partial charge in [-0.05, 0) is 40.2 Å². The number of rotatable bonds is 5. The van der Waals surface area contributed by atoms with Gasteiger partial charge in [-0.15, -0.1) is 11.3 Å². The van der Waals surface area contributed by atoms with Crippen LogP contribution in [0, 0.1) is 0 Å². The number of amides is 1. The smallest absolute Gasteiger partial charge is 0.224 e. The molecule has 0 aliphatic rings. The summed E-state index contributed by atoms with van der Waals surface area (Å²) >= 11 is 11.3. The zero-order chi connectivity index (χ0) is 14.5. The Morgan fingerprint density at radius 1 is 1.40 bits per heavy atom. The van der Waals surface area contributed by atoms with E-state index < -0.39 is 0 Å². The summed E-state index contributed by atoms with van der Waals surface area (Å²) in [5.41, 5.74) is 1.56. The number of anilines is 2. The molecule has 0 unspecified atom stereocenters. The summed E-state index contributed by atoms with van der Waals surface area (Å²) in [5, 5.41) is 8.77. The lowest BCUT2D eigenvalue weighted by Crippen LogP contribution is -2.09. The molecule has 0 aliphatic carbocycles. The highest BCUT2D eigenvalue weighted by Crippen LogP contribution is 2.27. The van der Waals surface area contributed by atoms with E-state index in [1.165, 1.54) is 4.88 Å². The van der Waals surface area contributed by atoms with E-state index in [-0.39, 0.29) is 5.91 Å². The zero-order valence-electron chi connectivity index (χ0n) is 10.9. The van der Waals surface area contributed by atoms with Gasteiger partial charge in [-0.25, -0.2) is 0 Å². The number of carbonyl (C=O) groups is 1. The molecule has 0 spiro atoms.